The Morgan fingerprint density at radius 1 is 1.19 bits per heavy atom. The number of urea groups is 1. The van der Waals surface area contributed by atoms with Gasteiger partial charge in [0.2, 0.25) is 0 Å². The molecule has 8 nitrogen and oxygen atoms in total. The van der Waals surface area contributed by atoms with Gasteiger partial charge in [-0.3, -0.25) is 9.25 Å². The molecule has 136 valence electrons. The second-order valence-electron chi connectivity index (χ2n) is 6.27. The van der Waals surface area contributed by atoms with Crippen molar-refractivity contribution in [2.24, 2.45) is 0 Å². The van der Waals surface area contributed by atoms with Crippen LogP contribution in [-0.4, -0.2) is 49.1 Å². The largest absolute Gasteiger partial charge is 0.328 e. The maximum atomic E-state index is 12.4. The number of hydrogen-bond acceptors (Lipinski definition) is 4. The molecule has 0 atom stereocenters. The smallest absolute Gasteiger partial charge is 0.321 e. The first-order valence-electron chi connectivity index (χ1n) is 8.51. The lowest BCUT2D eigenvalue weighted by atomic mass is 10.2. The SMILES string of the molecule is Cc1cc(C)n(CCCN(C)C(=O)Nc2cccc(-n3cnnc3)c2)n1. The van der Waals surface area contributed by atoms with Crippen LogP contribution in [0.4, 0.5) is 10.5 Å². The van der Waals surface area contributed by atoms with Crippen LogP contribution in [0, 0.1) is 13.8 Å². The van der Waals surface area contributed by atoms with E-state index < -0.39 is 0 Å². The molecule has 0 aliphatic rings. The number of nitrogens with one attached hydrogen (secondary N) is 1. The number of carbonyl (C=O) groups excluding carboxylic acids is 1. The zero-order valence-electron chi connectivity index (χ0n) is 15.3. The third kappa shape index (κ3) is 4.27. The summed E-state index contributed by atoms with van der Waals surface area (Å²) in [6.45, 7) is 5.46. The fourth-order valence-corrected chi connectivity index (χ4v) is 2.76. The Labute approximate surface area is 152 Å². The van der Waals surface area contributed by atoms with E-state index in [9.17, 15) is 4.79 Å². The van der Waals surface area contributed by atoms with Crippen molar-refractivity contribution in [3.8, 4) is 5.69 Å². The first-order valence-corrected chi connectivity index (χ1v) is 8.51. The van der Waals surface area contributed by atoms with Gasteiger partial charge in [-0.05, 0) is 44.5 Å². The van der Waals surface area contributed by atoms with E-state index in [1.165, 1.54) is 0 Å². The number of aryl methyl sites for hydroxylation is 3. The van der Waals surface area contributed by atoms with Gasteiger partial charge in [-0.1, -0.05) is 6.07 Å². The van der Waals surface area contributed by atoms with Crippen LogP contribution >= 0.6 is 0 Å². The van der Waals surface area contributed by atoms with Crippen molar-refractivity contribution in [2.75, 3.05) is 18.9 Å². The number of nitrogens with zero attached hydrogens (tertiary/aromatic N) is 6. The first-order chi connectivity index (χ1) is 12.5. The van der Waals surface area contributed by atoms with Crippen LogP contribution in [0.25, 0.3) is 5.69 Å². The Kier molecular flexibility index (Phi) is 5.31. The number of hydrogen-bond donors (Lipinski definition) is 1. The fourth-order valence-electron chi connectivity index (χ4n) is 2.76. The fraction of sp³-hybridized carbons (Fsp3) is 0.333. The van der Waals surface area contributed by atoms with Crippen LogP contribution < -0.4 is 5.32 Å². The monoisotopic (exact) mass is 353 g/mol. The maximum Gasteiger partial charge on any atom is 0.321 e. The summed E-state index contributed by atoms with van der Waals surface area (Å²) in [4.78, 5) is 14.1. The molecule has 2 aromatic heterocycles. The zero-order chi connectivity index (χ0) is 18.5. The molecule has 0 saturated carbocycles. The van der Waals surface area contributed by atoms with Crippen molar-refractivity contribution in [3.63, 3.8) is 0 Å². The minimum atomic E-state index is -0.140. The van der Waals surface area contributed by atoms with Gasteiger partial charge in [0.15, 0.2) is 0 Å². The van der Waals surface area contributed by atoms with Gasteiger partial charge in [-0.15, -0.1) is 10.2 Å². The van der Waals surface area contributed by atoms with Crippen molar-refractivity contribution in [1.29, 1.82) is 0 Å². The highest BCUT2D eigenvalue weighted by atomic mass is 16.2. The summed E-state index contributed by atoms with van der Waals surface area (Å²) in [5.41, 5.74) is 3.77. The van der Waals surface area contributed by atoms with Crippen LogP contribution in [0.2, 0.25) is 0 Å². The number of benzene rings is 1. The molecule has 8 heteroatoms. The zero-order valence-corrected chi connectivity index (χ0v) is 15.3. The van der Waals surface area contributed by atoms with Gasteiger partial charge in [0.1, 0.15) is 12.7 Å². The summed E-state index contributed by atoms with van der Waals surface area (Å²) in [5.74, 6) is 0. The second-order valence-corrected chi connectivity index (χ2v) is 6.27. The predicted octanol–water partition coefficient (Wildman–Crippen LogP) is 2.63. The molecule has 1 N–H and O–H groups in total. The summed E-state index contributed by atoms with van der Waals surface area (Å²) in [5, 5.41) is 14.9. The van der Waals surface area contributed by atoms with Crippen molar-refractivity contribution in [3.05, 3.63) is 54.4 Å². The third-order valence-corrected chi connectivity index (χ3v) is 4.13. The molecule has 0 radical (unpaired) electrons. The predicted molar refractivity (Wildman–Crippen MR) is 99.3 cm³/mol. The van der Waals surface area contributed by atoms with E-state index in [-0.39, 0.29) is 6.03 Å². The van der Waals surface area contributed by atoms with Gasteiger partial charge in [0.05, 0.1) is 11.4 Å². The number of anilines is 1. The molecule has 0 fully saturated rings. The molecule has 3 aromatic rings. The molecule has 0 bridgehead atoms. The van der Waals surface area contributed by atoms with E-state index in [4.69, 9.17) is 0 Å². The molecule has 26 heavy (non-hydrogen) atoms. The van der Waals surface area contributed by atoms with Crippen molar-refractivity contribution in [2.45, 2.75) is 26.8 Å². The minimum absolute atomic E-state index is 0.140. The van der Waals surface area contributed by atoms with Gasteiger partial charge in [-0.25, -0.2) is 4.79 Å². The Balaban J connectivity index is 1.52. The topological polar surface area (TPSA) is 80.9 Å². The summed E-state index contributed by atoms with van der Waals surface area (Å²) >= 11 is 0. The first kappa shape index (κ1) is 17.7. The molecule has 2 amide bonds. The van der Waals surface area contributed by atoms with E-state index in [1.54, 1.807) is 29.2 Å². The van der Waals surface area contributed by atoms with E-state index in [0.717, 1.165) is 35.7 Å². The number of aromatic nitrogens is 5. The Bertz CT molecular complexity index is 870. The highest BCUT2D eigenvalue weighted by Gasteiger charge is 2.10. The van der Waals surface area contributed by atoms with Crippen molar-refractivity contribution < 1.29 is 4.79 Å². The van der Waals surface area contributed by atoms with Gasteiger partial charge in [0, 0.05) is 31.5 Å². The van der Waals surface area contributed by atoms with E-state index in [1.807, 2.05) is 42.8 Å². The van der Waals surface area contributed by atoms with E-state index >= 15 is 0 Å². The van der Waals surface area contributed by atoms with E-state index in [2.05, 4.69) is 26.7 Å². The Hall–Kier alpha value is -3.16. The quantitative estimate of drug-likeness (QED) is 0.739. The lowest BCUT2D eigenvalue weighted by Gasteiger charge is -2.18. The highest BCUT2D eigenvalue weighted by molar-refractivity contribution is 5.89. The summed E-state index contributed by atoms with van der Waals surface area (Å²) in [6, 6.07) is 9.46. The normalized spacial score (nSPS) is 10.7. The molecule has 0 saturated heterocycles. The summed E-state index contributed by atoms with van der Waals surface area (Å²) < 4.78 is 3.76. The average molecular weight is 353 g/mol. The number of rotatable bonds is 6. The molecular weight excluding hydrogens is 330 g/mol. The van der Waals surface area contributed by atoms with Crippen LogP contribution in [0.3, 0.4) is 0 Å². The van der Waals surface area contributed by atoms with Gasteiger partial charge < -0.3 is 10.2 Å². The molecule has 0 aliphatic carbocycles. The van der Waals surface area contributed by atoms with Gasteiger partial charge in [0.25, 0.3) is 0 Å². The van der Waals surface area contributed by atoms with E-state index in [0.29, 0.717) is 6.54 Å². The molecule has 1 aromatic carbocycles. The lowest BCUT2D eigenvalue weighted by molar-refractivity contribution is 0.221. The Morgan fingerprint density at radius 2 is 1.96 bits per heavy atom. The standard InChI is InChI=1S/C18H23N7O/c1-14-10-15(2)25(22-14)9-5-8-23(3)18(26)21-16-6-4-7-17(11-16)24-12-19-20-13-24/h4,6-7,10-13H,5,8-9H2,1-3H3,(H,21,26). The summed E-state index contributed by atoms with van der Waals surface area (Å²) in [7, 11) is 1.79. The van der Waals surface area contributed by atoms with Crippen molar-refractivity contribution in [1.82, 2.24) is 29.4 Å². The van der Waals surface area contributed by atoms with Crippen LogP contribution in [0.1, 0.15) is 17.8 Å². The Morgan fingerprint density at radius 3 is 2.65 bits per heavy atom. The molecule has 2 heterocycles. The molecule has 0 unspecified atom stereocenters. The summed E-state index contributed by atoms with van der Waals surface area (Å²) in [6.07, 6.45) is 4.07. The molecule has 0 aliphatic heterocycles. The second kappa shape index (κ2) is 7.81. The molecule has 3 rings (SSSR count). The van der Waals surface area contributed by atoms with Crippen LogP contribution in [0.15, 0.2) is 43.0 Å². The maximum absolute atomic E-state index is 12.4. The van der Waals surface area contributed by atoms with Crippen LogP contribution in [0.5, 0.6) is 0 Å². The number of carbonyl (C=O) groups is 1. The average Bonchev–Trinajstić information content (AvgIpc) is 3.25. The minimum Gasteiger partial charge on any atom is -0.328 e. The molecular formula is C18H23N7O. The highest BCUT2D eigenvalue weighted by Crippen LogP contribution is 2.14. The van der Waals surface area contributed by atoms with Crippen molar-refractivity contribution >= 4 is 11.7 Å². The van der Waals surface area contributed by atoms with Crippen LogP contribution in [-0.2, 0) is 6.54 Å². The third-order valence-electron chi connectivity index (χ3n) is 4.13. The number of amides is 2. The molecule has 0 spiro atoms. The lowest BCUT2D eigenvalue weighted by Crippen LogP contribution is -2.32. The van der Waals surface area contributed by atoms with Gasteiger partial charge >= 0.3 is 6.03 Å². The van der Waals surface area contributed by atoms with Gasteiger partial charge in [-0.2, -0.15) is 5.10 Å².